The lowest BCUT2D eigenvalue weighted by atomic mass is 10.0. The van der Waals surface area contributed by atoms with E-state index in [9.17, 15) is 18.0 Å². The molecule has 0 amide bonds. The monoisotopic (exact) mass is 611 g/mol. The van der Waals surface area contributed by atoms with E-state index in [2.05, 4.69) is 11.9 Å². The van der Waals surface area contributed by atoms with Crippen molar-refractivity contribution >= 4 is 5.97 Å². The number of unbranched alkanes of at least 4 members (excludes halogenated alkanes) is 11. The zero-order chi connectivity index (χ0) is 31.8. The summed E-state index contributed by atoms with van der Waals surface area (Å²) in [6.45, 7) is 5.54. The molecule has 1 heterocycles. The van der Waals surface area contributed by atoms with Crippen LogP contribution in [0.25, 0.3) is 22.4 Å². The number of halogens is 3. The predicted octanol–water partition coefficient (Wildman–Crippen LogP) is 11.2. The van der Waals surface area contributed by atoms with E-state index < -0.39 is 23.3 Å². The van der Waals surface area contributed by atoms with E-state index in [0.29, 0.717) is 17.7 Å². The van der Waals surface area contributed by atoms with Crippen molar-refractivity contribution in [2.24, 2.45) is 0 Å². The molecule has 1 atom stereocenters. The van der Waals surface area contributed by atoms with Crippen LogP contribution in [0.1, 0.15) is 111 Å². The number of benzene rings is 2. The van der Waals surface area contributed by atoms with Gasteiger partial charge in [0.2, 0.25) is 5.67 Å². The highest BCUT2D eigenvalue weighted by atomic mass is 19.1. The van der Waals surface area contributed by atoms with E-state index >= 15 is 0 Å². The quantitative estimate of drug-likeness (QED) is 0.0724. The number of hydrogen-bond acceptors (Lipinski definition) is 4. The molecular formula is C37H48F3NO3. The Kier molecular flexibility index (Phi) is 14.7. The van der Waals surface area contributed by atoms with Crippen LogP contribution in [0.3, 0.4) is 0 Å². The van der Waals surface area contributed by atoms with Gasteiger partial charge in [0.15, 0.2) is 17.4 Å². The third kappa shape index (κ3) is 11.3. The van der Waals surface area contributed by atoms with Gasteiger partial charge in [0.05, 0.1) is 12.3 Å². The first-order valence-corrected chi connectivity index (χ1v) is 16.3. The summed E-state index contributed by atoms with van der Waals surface area (Å²) in [5.41, 5.74) is 0.244. The highest BCUT2D eigenvalue weighted by molar-refractivity contribution is 5.81. The molecular weight excluding hydrogens is 563 g/mol. The van der Waals surface area contributed by atoms with Gasteiger partial charge >= 0.3 is 5.97 Å². The number of ether oxygens (including phenoxy) is 2. The van der Waals surface area contributed by atoms with Crippen LogP contribution in [0.4, 0.5) is 13.2 Å². The van der Waals surface area contributed by atoms with Gasteiger partial charge in [-0.1, -0.05) is 109 Å². The van der Waals surface area contributed by atoms with Gasteiger partial charge < -0.3 is 9.47 Å². The first-order chi connectivity index (χ1) is 21.2. The second-order valence-corrected chi connectivity index (χ2v) is 11.8. The van der Waals surface area contributed by atoms with Crippen molar-refractivity contribution in [3.63, 3.8) is 0 Å². The number of hydrogen-bond donors (Lipinski definition) is 0. The number of carbonyl (C=O) groups excluding carboxylic acids is 1. The molecule has 0 N–H and O–H groups in total. The number of rotatable bonds is 20. The van der Waals surface area contributed by atoms with Gasteiger partial charge in [-0.3, -0.25) is 4.98 Å². The lowest BCUT2D eigenvalue weighted by molar-refractivity contribution is -0.147. The number of nitrogens with zero attached hydrogens (tertiary/aromatic N) is 1. The van der Waals surface area contributed by atoms with E-state index in [1.54, 1.807) is 49.5 Å². The number of aromatic nitrogens is 1. The summed E-state index contributed by atoms with van der Waals surface area (Å²) in [5, 5.41) is 0. The molecule has 3 aromatic rings. The summed E-state index contributed by atoms with van der Waals surface area (Å²) in [6, 6.07) is 12.6. The van der Waals surface area contributed by atoms with Crippen LogP contribution in [-0.2, 0) is 4.79 Å². The summed E-state index contributed by atoms with van der Waals surface area (Å²) >= 11 is 0. The van der Waals surface area contributed by atoms with Gasteiger partial charge in [-0.15, -0.1) is 0 Å². The second kappa shape index (κ2) is 18.5. The largest absolute Gasteiger partial charge is 0.488 e. The molecule has 0 spiro atoms. The molecule has 7 heteroatoms. The molecule has 0 fully saturated rings. The molecule has 44 heavy (non-hydrogen) atoms. The van der Waals surface area contributed by atoms with Gasteiger partial charge in [0, 0.05) is 17.3 Å². The molecule has 0 aliphatic carbocycles. The fraction of sp³-hybridized carbons (Fsp3) is 0.514. The van der Waals surface area contributed by atoms with Crippen LogP contribution >= 0.6 is 0 Å². The molecule has 0 bridgehead atoms. The van der Waals surface area contributed by atoms with Crippen LogP contribution in [0, 0.1) is 11.6 Å². The Hall–Kier alpha value is -3.35. The minimum absolute atomic E-state index is 0.0883. The van der Waals surface area contributed by atoms with Gasteiger partial charge in [0.25, 0.3) is 0 Å². The lowest BCUT2D eigenvalue weighted by Gasteiger charge is -2.17. The molecule has 0 radical (unpaired) electrons. The molecule has 3 rings (SSSR count). The number of carbonyl (C=O) groups is 1. The Morgan fingerprint density at radius 2 is 1.27 bits per heavy atom. The normalized spacial score (nSPS) is 12.6. The molecule has 2 aromatic carbocycles. The van der Waals surface area contributed by atoms with Crippen LogP contribution in [0.2, 0.25) is 0 Å². The Morgan fingerprint density at radius 1 is 0.727 bits per heavy atom. The highest BCUT2D eigenvalue weighted by Gasteiger charge is 2.34. The Morgan fingerprint density at radius 3 is 1.80 bits per heavy atom. The van der Waals surface area contributed by atoms with Crippen LogP contribution in [0.15, 0.2) is 54.7 Å². The lowest BCUT2D eigenvalue weighted by Crippen LogP contribution is -2.34. The van der Waals surface area contributed by atoms with Crippen molar-refractivity contribution in [3.05, 3.63) is 66.4 Å². The number of pyridine rings is 1. The van der Waals surface area contributed by atoms with E-state index in [4.69, 9.17) is 9.47 Å². The van der Waals surface area contributed by atoms with Gasteiger partial charge in [-0.05, 0) is 55.7 Å². The number of alkyl halides is 1. The summed E-state index contributed by atoms with van der Waals surface area (Å²) in [4.78, 5) is 16.5. The van der Waals surface area contributed by atoms with E-state index in [1.165, 1.54) is 76.8 Å². The van der Waals surface area contributed by atoms with Crippen molar-refractivity contribution in [2.45, 2.75) is 116 Å². The Balaban J connectivity index is 1.44. The molecule has 240 valence electrons. The summed E-state index contributed by atoms with van der Waals surface area (Å²) in [6.07, 6.45) is 16.8. The highest BCUT2D eigenvalue weighted by Crippen LogP contribution is 2.30. The van der Waals surface area contributed by atoms with Crippen molar-refractivity contribution in [1.29, 1.82) is 0 Å². The van der Waals surface area contributed by atoms with Crippen LogP contribution in [-0.4, -0.2) is 23.2 Å². The third-order valence-corrected chi connectivity index (χ3v) is 7.85. The zero-order valence-corrected chi connectivity index (χ0v) is 26.6. The second-order valence-electron chi connectivity index (χ2n) is 11.8. The van der Waals surface area contributed by atoms with Crippen LogP contribution in [0.5, 0.6) is 11.5 Å². The summed E-state index contributed by atoms with van der Waals surface area (Å²) < 4.78 is 54.6. The topological polar surface area (TPSA) is 48.4 Å². The zero-order valence-electron chi connectivity index (χ0n) is 26.6. The van der Waals surface area contributed by atoms with E-state index in [0.717, 1.165) is 30.4 Å². The van der Waals surface area contributed by atoms with Gasteiger partial charge in [-0.25, -0.2) is 18.0 Å². The van der Waals surface area contributed by atoms with Gasteiger partial charge in [0.1, 0.15) is 5.75 Å². The summed E-state index contributed by atoms with van der Waals surface area (Å²) in [7, 11) is 0. The van der Waals surface area contributed by atoms with Crippen molar-refractivity contribution < 1.29 is 27.4 Å². The molecule has 1 aromatic heterocycles. The SMILES string of the molecule is CCCCCCCCCCCCCCOc1c(F)cc(-c2ccc(-c3ccc(OC(=O)[C@@](C)(F)CCC)cc3)cn2)cc1F. The van der Waals surface area contributed by atoms with E-state index in [1.807, 2.05) is 0 Å². The average molecular weight is 612 g/mol. The Labute approximate surface area is 261 Å². The molecule has 4 nitrogen and oxygen atoms in total. The van der Waals surface area contributed by atoms with Crippen molar-refractivity contribution in [2.75, 3.05) is 6.61 Å². The molecule has 0 unspecified atom stereocenters. The van der Waals surface area contributed by atoms with Gasteiger partial charge in [-0.2, -0.15) is 0 Å². The molecule has 0 aliphatic heterocycles. The fourth-order valence-electron chi connectivity index (χ4n) is 5.20. The van der Waals surface area contributed by atoms with Crippen molar-refractivity contribution in [3.8, 4) is 33.9 Å². The maximum atomic E-state index is 14.8. The molecule has 0 aliphatic rings. The maximum absolute atomic E-state index is 14.8. The predicted molar refractivity (Wildman–Crippen MR) is 172 cm³/mol. The fourth-order valence-corrected chi connectivity index (χ4v) is 5.20. The first kappa shape index (κ1) is 35.1. The average Bonchev–Trinajstić information content (AvgIpc) is 3.01. The standard InChI is InChI=1S/C37H48F3NO3/c1-4-6-7-8-9-10-11-12-13-14-15-16-24-43-35-32(38)25-30(26-33(35)39)34-22-19-29(27-41-34)28-17-20-31(21-18-28)44-36(42)37(3,40)23-5-2/h17-22,25-27H,4-16,23-24H2,1-3H3/t37-/m0/s1. The summed E-state index contributed by atoms with van der Waals surface area (Å²) in [5.74, 6) is -2.53. The number of esters is 1. The Bertz CT molecular complexity index is 1250. The minimum Gasteiger partial charge on any atom is -0.488 e. The first-order valence-electron chi connectivity index (χ1n) is 16.3. The minimum atomic E-state index is -2.04. The maximum Gasteiger partial charge on any atom is 0.348 e. The third-order valence-electron chi connectivity index (χ3n) is 7.85. The molecule has 0 saturated carbocycles. The smallest absolute Gasteiger partial charge is 0.348 e. The molecule has 0 saturated heterocycles. The van der Waals surface area contributed by atoms with E-state index in [-0.39, 0.29) is 24.5 Å². The van der Waals surface area contributed by atoms with Crippen molar-refractivity contribution in [1.82, 2.24) is 4.98 Å². The van der Waals surface area contributed by atoms with Crippen LogP contribution < -0.4 is 9.47 Å².